The zero-order valence-electron chi connectivity index (χ0n) is 19.4. The Morgan fingerprint density at radius 2 is 1.74 bits per heavy atom. The minimum atomic E-state index is -0.439. The Morgan fingerprint density at radius 1 is 1.03 bits per heavy atom. The third kappa shape index (κ3) is 6.13. The van der Waals surface area contributed by atoms with Crippen LogP contribution in [0.2, 0.25) is 0 Å². The summed E-state index contributed by atoms with van der Waals surface area (Å²) in [4.78, 5) is 22.8. The lowest BCUT2D eigenvalue weighted by molar-refractivity contribution is -0.384. The Hall–Kier alpha value is -3.98. The molecule has 1 unspecified atom stereocenters. The summed E-state index contributed by atoms with van der Waals surface area (Å²) in [5.74, 6) is 1.05. The molecule has 0 aliphatic rings. The van der Waals surface area contributed by atoms with Crippen LogP contribution in [0.3, 0.4) is 0 Å². The number of thioether (sulfide) groups is 1. The molecular formula is C26H25N5O3S. The van der Waals surface area contributed by atoms with E-state index in [0.29, 0.717) is 28.8 Å². The van der Waals surface area contributed by atoms with Gasteiger partial charge in [-0.1, -0.05) is 71.9 Å². The number of hydrogen-bond donors (Lipinski definition) is 1. The van der Waals surface area contributed by atoms with Crippen molar-refractivity contribution in [2.75, 3.05) is 0 Å². The van der Waals surface area contributed by atoms with Crippen LogP contribution >= 0.6 is 11.8 Å². The number of amides is 1. The van der Waals surface area contributed by atoms with Crippen LogP contribution in [-0.2, 0) is 17.0 Å². The van der Waals surface area contributed by atoms with Crippen LogP contribution < -0.4 is 5.32 Å². The fraction of sp³-hybridized carbons (Fsp3) is 0.192. The highest BCUT2D eigenvalue weighted by molar-refractivity contribution is 7.98. The van der Waals surface area contributed by atoms with Gasteiger partial charge >= 0.3 is 0 Å². The van der Waals surface area contributed by atoms with Crippen LogP contribution in [0.15, 0.2) is 84.0 Å². The van der Waals surface area contributed by atoms with Crippen molar-refractivity contribution < 1.29 is 9.72 Å². The minimum absolute atomic E-state index is 0.0000323. The van der Waals surface area contributed by atoms with E-state index >= 15 is 0 Å². The first kappa shape index (κ1) is 24.2. The molecule has 8 nitrogen and oxygen atoms in total. The van der Waals surface area contributed by atoms with Gasteiger partial charge in [-0.3, -0.25) is 19.5 Å². The summed E-state index contributed by atoms with van der Waals surface area (Å²) in [6, 6.07) is 23.9. The summed E-state index contributed by atoms with van der Waals surface area (Å²) < 4.78 is 1.87. The van der Waals surface area contributed by atoms with E-state index in [4.69, 9.17) is 0 Å². The summed E-state index contributed by atoms with van der Waals surface area (Å²) in [6.45, 7) is 3.52. The van der Waals surface area contributed by atoms with Crippen molar-refractivity contribution >= 4 is 23.4 Å². The SMILES string of the molecule is CC(=O)NC(Cc1ccccc1)c1nnc(SCc2cccc(C)c2)n1-c1ccc([N+](=O)[O-])cc1. The Kier molecular flexibility index (Phi) is 7.57. The lowest BCUT2D eigenvalue weighted by Gasteiger charge is -2.19. The van der Waals surface area contributed by atoms with Gasteiger partial charge in [-0.05, 0) is 36.6 Å². The highest BCUT2D eigenvalue weighted by atomic mass is 32.2. The van der Waals surface area contributed by atoms with Crippen LogP contribution in [0.1, 0.15) is 35.5 Å². The van der Waals surface area contributed by atoms with Crippen molar-refractivity contribution in [3.8, 4) is 5.69 Å². The maximum atomic E-state index is 12.1. The normalized spacial score (nSPS) is 11.7. The molecule has 178 valence electrons. The van der Waals surface area contributed by atoms with Gasteiger partial charge in [0, 0.05) is 30.5 Å². The van der Waals surface area contributed by atoms with Crippen LogP contribution in [0.5, 0.6) is 0 Å². The summed E-state index contributed by atoms with van der Waals surface area (Å²) in [6.07, 6.45) is 0.522. The molecular weight excluding hydrogens is 462 g/mol. The number of non-ortho nitro benzene ring substituents is 1. The van der Waals surface area contributed by atoms with E-state index in [1.807, 2.05) is 54.0 Å². The van der Waals surface area contributed by atoms with Crippen molar-refractivity contribution in [3.05, 3.63) is 111 Å². The third-order valence-electron chi connectivity index (χ3n) is 5.40. The van der Waals surface area contributed by atoms with Crippen LogP contribution in [0, 0.1) is 17.0 Å². The first-order valence-electron chi connectivity index (χ1n) is 11.1. The van der Waals surface area contributed by atoms with Gasteiger partial charge in [0.05, 0.1) is 11.0 Å². The van der Waals surface area contributed by atoms with E-state index < -0.39 is 11.0 Å². The first-order chi connectivity index (χ1) is 16.9. The summed E-state index contributed by atoms with van der Waals surface area (Å²) >= 11 is 1.52. The Bertz CT molecular complexity index is 1320. The second kappa shape index (κ2) is 11.0. The number of rotatable bonds is 9. The summed E-state index contributed by atoms with van der Waals surface area (Å²) in [7, 11) is 0. The van der Waals surface area contributed by atoms with Gasteiger partial charge in [-0.2, -0.15) is 0 Å². The average Bonchev–Trinajstić information content (AvgIpc) is 3.27. The van der Waals surface area contributed by atoms with Gasteiger partial charge in [0.15, 0.2) is 11.0 Å². The predicted octanol–water partition coefficient (Wildman–Crippen LogP) is 5.20. The van der Waals surface area contributed by atoms with Crippen molar-refractivity contribution in [1.82, 2.24) is 20.1 Å². The molecule has 1 amide bonds. The highest BCUT2D eigenvalue weighted by Gasteiger charge is 2.24. The largest absolute Gasteiger partial charge is 0.346 e. The average molecular weight is 488 g/mol. The molecule has 0 fully saturated rings. The maximum absolute atomic E-state index is 12.1. The number of benzene rings is 3. The second-order valence-corrected chi connectivity index (χ2v) is 9.11. The van der Waals surface area contributed by atoms with Gasteiger partial charge in [0.25, 0.3) is 5.69 Å². The van der Waals surface area contributed by atoms with E-state index in [1.54, 1.807) is 12.1 Å². The lowest BCUT2D eigenvalue weighted by atomic mass is 10.1. The maximum Gasteiger partial charge on any atom is 0.269 e. The standard InChI is InChI=1S/C26H25N5O3S/c1-18-7-6-10-21(15-18)17-35-26-29-28-25(30(26)22-11-13-23(14-12-22)31(33)34)24(27-19(2)32)16-20-8-4-3-5-9-20/h3-15,24H,16-17H2,1-2H3,(H,27,32). The van der Waals surface area contributed by atoms with Crippen molar-refractivity contribution in [3.63, 3.8) is 0 Å². The highest BCUT2D eigenvalue weighted by Crippen LogP contribution is 2.30. The zero-order chi connectivity index (χ0) is 24.8. The smallest absolute Gasteiger partial charge is 0.269 e. The fourth-order valence-electron chi connectivity index (χ4n) is 3.82. The van der Waals surface area contributed by atoms with Crippen molar-refractivity contribution in [2.24, 2.45) is 0 Å². The molecule has 4 aromatic rings. The van der Waals surface area contributed by atoms with Gasteiger partial charge in [-0.15, -0.1) is 10.2 Å². The first-order valence-corrected chi connectivity index (χ1v) is 12.1. The van der Waals surface area contributed by atoms with E-state index in [9.17, 15) is 14.9 Å². The number of hydrogen-bond acceptors (Lipinski definition) is 6. The number of carbonyl (C=O) groups is 1. The van der Waals surface area contributed by atoms with E-state index in [0.717, 1.165) is 11.1 Å². The lowest BCUT2D eigenvalue weighted by Crippen LogP contribution is -2.30. The van der Waals surface area contributed by atoms with Gasteiger partial charge in [-0.25, -0.2) is 0 Å². The topological polar surface area (TPSA) is 103 Å². The number of nitrogens with one attached hydrogen (secondary N) is 1. The number of aryl methyl sites for hydroxylation is 1. The van der Waals surface area contributed by atoms with Crippen LogP contribution in [-0.4, -0.2) is 25.6 Å². The number of carbonyl (C=O) groups excluding carboxylic acids is 1. The zero-order valence-corrected chi connectivity index (χ0v) is 20.2. The number of nitrogens with zero attached hydrogens (tertiary/aromatic N) is 4. The number of aromatic nitrogens is 3. The molecule has 1 atom stereocenters. The Labute approximate surface area is 207 Å². The van der Waals surface area contributed by atoms with Crippen LogP contribution in [0.4, 0.5) is 5.69 Å². The minimum Gasteiger partial charge on any atom is -0.346 e. The molecule has 0 aliphatic carbocycles. The fourth-order valence-corrected chi connectivity index (χ4v) is 4.72. The predicted molar refractivity (Wildman–Crippen MR) is 135 cm³/mol. The third-order valence-corrected chi connectivity index (χ3v) is 6.40. The van der Waals surface area contributed by atoms with Crippen molar-refractivity contribution in [2.45, 2.75) is 37.2 Å². The summed E-state index contributed by atoms with van der Waals surface area (Å²) in [5.41, 5.74) is 4.05. The molecule has 0 aliphatic heterocycles. The Morgan fingerprint density at radius 3 is 2.40 bits per heavy atom. The van der Waals surface area contributed by atoms with E-state index in [2.05, 4.69) is 27.6 Å². The van der Waals surface area contributed by atoms with Gasteiger partial charge in [0.2, 0.25) is 5.91 Å². The molecule has 3 aromatic carbocycles. The Balaban J connectivity index is 1.74. The summed E-state index contributed by atoms with van der Waals surface area (Å²) in [5, 5.41) is 23.7. The number of nitro groups is 1. The molecule has 4 rings (SSSR count). The molecule has 1 heterocycles. The molecule has 35 heavy (non-hydrogen) atoms. The molecule has 9 heteroatoms. The molecule has 0 bridgehead atoms. The van der Waals surface area contributed by atoms with Gasteiger partial charge < -0.3 is 5.32 Å². The van der Waals surface area contributed by atoms with Gasteiger partial charge in [0.1, 0.15) is 0 Å². The molecule has 0 saturated heterocycles. The van der Waals surface area contributed by atoms with E-state index in [-0.39, 0.29) is 11.6 Å². The molecule has 0 saturated carbocycles. The monoisotopic (exact) mass is 487 g/mol. The molecule has 1 N–H and O–H groups in total. The molecule has 0 radical (unpaired) electrons. The molecule has 0 spiro atoms. The second-order valence-electron chi connectivity index (χ2n) is 8.17. The van der Waals surface area contributed by atoms with Crippen LogP contribution in [0.25, 0.3) is 5.69 Å². The van der Waals surface area contributed by atoms with E-state index in [1.165, 1.54) is 36.4 Å². The number of nitro benzene ring substituents is 1. The molecule has 1 aromatic heterocycles. The quantitative estimate of drug-likeness (QED) is 0.198. The van der Waals surface area contributed by atoms with Crippen molar-refractivity contribution in [1.29, 1.82) is 0 Å².